The molecule has 0 fully saturated rings. The molecule has 0 aliphatic carbocycles. The third-order valence-corrected chi connectivity index (χ3v) is 3.85. The maximum Gasteiger partial charge on any atom is 0.150 e. The van der Waals surface area contributed by atoms with Crippen molar-refractivity contribution in [2.75, 3.05) is 12.0 Å². The predicted octanol–water partition coefficient (Wildman–Crippen LogP) is 3.02. The molecule has 0 saturated heterocycles. The van der Waals surface area contributed by atoms with E-state index in [-0.39, 0.29) is 0 Å². The quantitative estimate of drug-likeness (QED) is 0.483. The Hall–Kier alpha value is -1.00. The Kier molecular flexibility index (Phi) is 2.48. The van der Waals surface area contributed by atoms with Crippen LogP contribution in [0.15, 0.2) is 22.4 Å². The summed E-state index contributed by atoms with van der Waals surface area (Å²) in [5.41, 5.74) is 7.48. The molecule has 0 atom stereocenters. The lowest BCUT2D eigenvalue weighted by molar-refractivity contribution is 0.112. The van der Waals surface area contributed by atoms with Crippen molar-refractivity contribution in [1.82, 2.24) is 0 Å². The average molecular weight is 223 g/mol. The number of thiophene rings is 1. The summed E-state index contributed by atoms with van der Waals surface area (Å²) in [6.07, 6.45) is 2.84. The van der Waals surface area contributed by atoms with Crippen molar-refractivity contribution in [2.45, 2.75) is 4.90 Å². The lowest BCUT2D eigenvalue weighted by Gasteiger charge is -2.05. The molecule has 0 unspecified atom stereocenters. The van der Waals surface area contributed by atoms with Crippen molar-refractivity contribution in [1.29, 1.82) is 0 Å². The second kappa shape index (κ2) is 3.63. The van der Waals surface area contributed by atoms with E-state index in [2.05, 4.69) is 0 Å². The first kappa shape index (κ1) is 9.55. The van der Waals surface area contributed by atoms with Crippen LogP contribution in [0.5, 0.6) is 0 Å². The number of aldehydes is 1. The van der Waals surface area contributed by atoms with Gasteiger partial charge in [-0.2, -0.15) is 0 Å². The van der Waals surface area contributed by atoms with Crippen LogP contribution < -0.4 is 5.73 Å². The van der Waals surface area contributed by atoms with Gasteiger partial charge >= 0.3 is 0 Å². The van der Waals surface area contributed by atoms with Crippen LogP contribution in [0.4, 0.5) is 5.69 Å². The Bertz CT molecular complexity index is 490. The smallest absolute Gasteiger partial charge is 0.150 e. The highest BCUT2D eigenvalue weighted by Crippen LogP contribution is 2.36. The van der Waals surface area contributed by atoms with E-state index in [1.54, 1.807) is 23.1 Å². The Balaban J connectivity index is 2.86. The Morgan fingerprint density at radius 2 is 2.36 bits per heavy atom. The SMILES string of the molecule is CSc1cc(C=O)c2ccsc2c1N. The van der Waals surface area contributed by atoms with E-state index in [9.17, 15) is 4.79 Å². The topological polar surface area (TPSA) is 43.1 Å². The minimum atomic E-state index is 0.722. The summed E-state index contributed by atoms with van der Waals surface area (Å²) in [5.74, 6) is 0. The fourth-order valence-corrected chi connectivity index (χ4v) is 2.94. The minimum absolute atomic E-state index is 0.722. The fourth-order valence-electron chi connectivity index (χ4n) is 1.42. The highest BCUT2D eigenvalue weighted by Gasteiger charge is 2.09. The highest BCUT2D eigenvalue weighted by atomic mass is 32.2. The number of thioether (sulfide) groups is 1. The molecule has 0 bridgehead atoms. The second-order valence-corrected chi connectivity index (χ2v) is 4.63. The van der Waals surface area contributed by atoms with Gasteiger partial charge in [0.05, 0.1) is 10.4 Å². The van der Waals surface area contributed by atoms with Crippen LogP contribution in [0.1, 0.15) is 10.4 Å². The monoisotopic (exact) mass is 223 g/mol. The molecule has 0 aliphatic heterocycles. The molecule has 0 radical (unpaired) electrons. The van der Waals surface area contributed by atoms with E-state index in [1.165, 1.54) is 0 Å². The Morgan fingerprint density at radius 1 is 1.57 bits per heavy atom. The first-order chi connectivity index (χ1) is 6.77. The third kappa shape index (κ3) is 1.31. The van der Waals surface area contributed by atoms with Crippen LogP contribution in [-0.2, 0) is 0 Å². The van der Waals surface area contributed by atoms with Crippen LogP contribution in [0, 0.1) is 0 Å². The summed E-state index contributed by atoms with van der Waals surface area (Å²) in [7, 11) is 0. The molecule has 2 nitrogen and oxygen atoms in total. The van der Waals surface area contributed by atoms with E-state index in [1.807, 2.05) is 23.8 Å². The lowest BCUT2D eigenvalue weighted by Crippen LogP contribution is -1.91. The van der Waals surface area contributed by atoms with Gasteiger partial charge in [-0.25, -0.2) is 0 Å². The van der Waals surface area contributed by atoms with Crippen LogP contribution in [-0.4, -0.2) is 12.5 Å². The number of fused-ring (bicyclic) bond motifs is 1. The van der Waals surface area contributed by atoms with E-state index in [0.29, 0.717) is 0 Å². The van der Waals surface area contributed by atoms with Gasteiger partial charge in [0.15, 0.2) is 6.29 Å². The Labute approximate surface area is 90.1 Å². The molecule has 72 valence electrons. The van der Waals surface area contributed by atoms with Crippen LogP contribution in [0.25, 0.3) is 10.1 Å². The maximum atomic E-state index is 10.9. The highest BCUT2D eigenvalue weighted by molar-refractivity contribution is 7.98. The molecule has 0 amide bonds. The number of nitrogens with two attached hydrogens (primary N) is 1. The molecule has 2 N–H and O–H groups in total. The van der Waals surface area contributed by atoms with Crippen molar-refractivity contribution < 1.29 is 4.79 Å². The van der Waals surface area contributed by atoms with Crippen LogP contribution in [0.2, 0.25) is 0 Å². The second-order valence-electron chi connectivity index (χ2n) is 2.86. The molecule has 2 aromatic rings. The predicted molar refractivity (Wildman–Crippen MR) is 63.4 cm³/mol. The molecule has 4 heteroatoms. The van der Waals surface area contributed by atoms with Gasteiger partial charge in [0, 0.05) is 15.8 Å². The Morgan fingerprint density at radius 3 is 3.00 bits per heavy atom. The maximum absolute atomic E-state index is 10.9. The van der Waals surface area contributed by atoms with Gasteiger partial charge in [0.1, 0.15) is 0 Å². The normalized spacial score (nSPS) is 10.6. The molecular formula is C10H9NOS2. The van der Waals surface area contributed by atoms with Crippen molar-refractivity contribution in [2.24, 2.45) is 0 Å². The van der Waals surface area contributed by atoms with Gasteiger partial charge in [-0.15, -0.1) is 23.1 Å². The summed E-state index contributed by atoms with van der Waals surface area (Å²) < 4.78 is 1.01. The van der Waals surface area contributed by atoms with Gasteiger partial charge in [-0.05, 0) is 23.8 Å². The summed E-state index contributed by atoms with van der Waals surface area (Å²) in [6.45, 7) is 0. The number of nitrogen functional groups attached to an aromatic ring is 1. The number of anilines is 1. The van der Waals surface area contributed by atoms with Gasteiger partial charge in [0.2, 0.25) is 0 Å². The third-order valence-electron chi connectivity index (χ3n) is 2.12. The van der Waals surface area contributed by atoms with Crippen LogP contribution in [0.3, 0.4) is 0 Å². The lowest BCUT2D eigenvalue weighted by atomic mass is 10.1. The number of hydrogen-bond donors (Lipinski definition) is 1. The summed E-state index contributed by atoms with van der Waals surface area (Å²) in [6, 6.07) is 3.78. The van der Waals surface area contributed by atoms with Crippen molar-refractivity contribution in [3.05, 3.63) is 23.1 Å². The number of rotatable bonds is 2. The largest absolute Gasteiger partial charge is 0.397 e. The summed E-state index contributed by atoms with van der Waals surface area (Å²) >= 11 is 3.14. The summed E-state index contributed by atoms with van der Waals surface area (Å²) in [4.78, 5) is 11.8. The zero-order valence-corrected chi connectivity index (χ0v) is 9.24. The molecule has 1 aromatic heterocycles. The zero-order chi connectivity index (χ0) is 10.1. The van der Waals surface area contributed by atoms with E-state index in [4.69, 9.17) is 5.73 Å². The number of carbonyl (C=O) groups is 1. The van der Waals surface area contributed by atoms with Crippen molar-refractivity contribution in [3.8, 4) is 0 Å². The number of carbonyl (C=O) groups excluding carboxylic acids is 1. The summed E-state index contributed by atoms with van der Waals surface area (Å²) in [5, 5.41) is 2.92. The van der Waals surface area contributed by atoms with E-state index < -0.39 is 0 Å². The molecule has 1 aromatic carbocycles. The molecular weight excluding hydrogens is 214 g/mol. The number of hydrogen-bond acceptors (Lipinski definition) is 4. The minimum Gasteiger partial charge on any atom is -0.397 e. The molecule has 0 spiro atoms. The standard InChI is InChI=1S/C10H9NOS2/c1-13-8-4-6(5-12)7-2-3-14-10(7)9(8)11/h2-5H,11H2,1H3. The van der Waals surface area contributed by atoms with Gasteiger partial charge in [0.25, 0.3) is 0 Å². The van der Waals surface area contributed by atoms with Gasteiger partial charge < -0.3 is 5.73 Å². The molecule has 1 heterocycles. The molecule has 2 rings (SSSR count). The molecule has 14 heavy (non-hydrogen) atoms. The van der Waals surface area contributed by atoms with E-state index >= 15 is 0 Å². The average Bonchev–Trinajstić information content (AvgIpc) is 2.68. The first-order valence-corrected chi connectivity index (χ1v) is 6.17. The first-order valence-electron chi connectivity index (χ1n) is 4.06. The van der Waals surface area contributed by atoms with Crippen molar-refractivity contribution in [3.63, 3.8) is 0 Å². The van der Waals surface area contributed by atoms with E-state index in [0.717, 1.165) is 32.5 Å². The molecule has 0 aliphatic rings. The van der Waals surface area contributed by atoms with Gasteiger partial charge in [-0.3, -0.25) is 4.79 Å². The number of benzene rings is 1. The molecule has 0 saturated carbocycles. The fraction of sp³-hybridized carbons (Fsp3) is 0.100. The van der Waals surface area contributed by atoms with Gasteiger partial charge in [-0.1, -0.05) is 0 Å². The zero-order valence-electron chi connectivity index (χ0n) is 7.61. The van der Waals surface area contributed by atoms with Crippen LogP contribution >= 0.6 is 23.1 Å². The van der Waals surface area contributed by atoms with Crippen molar-refractivity contribution >= 4 is 45.2 Å².